The molecule has 1 aromatic carbocycles. The van der Waals surface area contributed by atoms with E-state index >= 15 is 0 Å². The van der Waals surface area contributed by atoms with Crippen molar-refractivity contribution in [3.63, 3.8) is 0 Å². The summed E-state index contributed by atoms with van der Waals surface area (Å²) in [6, 6.07) is 5.60. The summed E-state index contributed by atoms with van der Waals surface area (Å²) >= 11 is 3.46. The number of halogens is 1. The Hall–Kier alpha value is -1.40. The lowest BCUT2D eigenvalue weighted by atomic mass is 9.96. The molecule has 6 heteroatoms. The number of hydrogen-bond donors (Lipinski definition) is 0. The normalized spacial score (nSPS) is 26.2. The SMILES string of the molecule is CCN(CC)C(=O)C1OC12C(=O)N(C)c1c(Br)cccc12. The number of para-hydroxylation sites is 1. The molecule has 21 heavy (non-hydrogen) atoms. The van der Waals surface area contributed by atoms with Crippen LogP contribution in [0.25, 0.3) is 0 Å². The zero-order valence-corrected chi connectivity index (χ0v) is 13.8. The van der Waals surface area contributed by atoms with Crippen molar-refractivity contribution in [2.45, 2.75) is 25.6 Å². The van der Waals surface area contributed by atoms with E-state index in [4.69, 9.17) is 4.74 Å². The average molecular weight is 353 g/mol. The van der Waals surface area contributed by atoms with Crippen LogP contribution in [0.4, 0.5) is 5.69 Å². The number of carbonyl (C=O) groups is 2. The smallest absolute Gasteiger partial charge is 0.267 e. The molecule has 0 N–H and O–H groups in total. The molecule has 3 rings (SSSR count). The van der Waals surface area contributed by atoms with E-state index in [1.54, 1.807) is 16.8 Å². The van der Waals surface area contributed by atoms with E-state index in [9.17, 15) is 9.59 Å². The second kappa shape index (κ2) is 4.81. The van der Waals surface area contributed by atoms with E-state index < -0.39 is 11.7 Å². The Kier molecular flexibility index (Phi) is 3.33. The first-order valence-electron chi connectivity index (χ1n) is 7.02. The number of carbonyl (C=O) groups excluding carboxylic acids is 2. The number of benzene rings is 1. The number of nitrogens with zero attached hydrogens (tertiary/aromatic N) is 2. The molecular weight excluding hydrogens is 336 g/mol. The van der Waals surface area contributed by atoms with E-state index in [0.717, 1.165) is 15.7 Å². The van der Waals surface area contributed by atoms with E-state index in [-0.39, 0.29) is 11.8 Å². The highest BCUT2D eigenvalue weighted by atomic mass is 79.9. The van der Waals surface area contributed by atoms with Gasteiger partial charge < -0.3 is 14.5 Å². The van der Waals surface area contributed by atoms with Gasteiger partial charge in [-0.15, -0.1) is 0 Å². The molecule has 2 unspecified atom stereocenters. The van der Waals surface area contributed by atoms with Gasteiger partial charge in [-0.05, 0) is 35.8 Å². The monoisotopic (exact) mass is 352 g/mol. The van der Waals surface area contributed by atoms with Crippen molar-refractivity contribution in [3.05, 3.63) is 28.2 Å². The van der Waals surface area contributed by atoms with Crippen molar-refractivity contribution in [2.24, 2.45) is 0 Å². The minimum atomic E-state index is -1.12. The van der Waals surface area contributed by atoms with Crippen LogP contribution in [0, 0.1) is 0 Å². The third-order valence-corrected chi connectivity index (χ3v) is 4.90. The van der Waals surface area contributed by atoms with Crippen LogP contribution >= 0.6 is 15.9 Å². The number of rotatable bonds is 3. The van der Waals surface area contributed by atoms with Crippen LogP contribution in [0.5, 0.6) is 0 Å². The molecule has 0 bridgehead atoms. The number of anilines is 1. The molecule has 2 aliphatic rings. The number of hydrogen-bond acceptors (Lipinski definition) is 3. The molecule has 2 heterocycles. The Bertz CT molecular complexity index is 629. The Morgan fingerprint density at radius 2 is 2.10 bits per heavy atom. The van der Waals surface area contributed by atoms with Crippen LogP contribution in [-0.4, -0.2) is 43.0 Å². The third kappa shape index (κ3) is 1.78. The van der Waals surface area contributed by atoms with Gasteiger partial charge in [-0.1, -0.05) is 12.1 Å². The van der Waals surface area contributed by atoms with Crippen LogP contribution in [0.15, 0.2) is 22.7 Å². The second-order valence-corrected chi connectivity index (χ2v) is 6.10. The number of fused-ring (bicyclic) bond motifs is 2. The highest BCUT2D eigenvalue weighted by molar-refractivity contribution is 9.10. The fourth-order valence-corrected chi connectivity index (χ4v) is 3.70. The summed E-state index contributed by atoms with van der Waals surface area (Å²) in [6.07, 6.45) is -0.706. The maximum absolute atomic E-state index is 12.6. The topological polar surface area (TPSA) is 53.2 Å². The third-order valence-electron chi connectivity index (χ3n) is 4.26. The Morgan fingerprint density at radius 3 is 2.71 bits per heavy atom. The fourth-order valence-electron chi connectivity index (χ4n) is 3.07. The molecule has 2 atom stereocenters. The van der Waals surface area contributed by atoms with Crippen molar-refractivity contribution in [2.75, 3.05) is 25.0 Å². The van der Waals surface area contributed by atoms with Crippen molar-refractivity contribution >= 4 is 33.4 Å². The predicted molar refractivity (Wildman–Crippen MR) is 82.0 cm³/mol. The Morgan fingerprint density at radius 1 is 1.43 bits per heavy atom. The second-order valence-electron chi connectivity index (χ2n) is 5.24. The van der Waals surface area contributed by atoms with Gasteiger partial charge in [-0.25, -0.2) is 0 Å². The van der Waals surface area contributed by atoms with Gasteiger partial charge in [-0.2, -0.15) is 0 Å². The summed E-state index contributed by atoms with van der Waals surface area (Å²) in [7, 11) is 1.71. The summed E-state index contributed by atoms with van der Waals surface area (Å²) in [5.41, 5.74) is 0.445. The lowest BCUT2D eigenvalue weighted by Crippen LogP contribution is -2.39. The molecule has 1 fully saturated rings. The minimum absolute atomic E-state index is 0.116. The quantitative estimate of drug-likeness (QED) is 0.780. The molecule has 0 radical (unpaired) electrons. The van der Waals surface area contributed by atoms with Gasteiger partial charge in [0.2, 0.25) is 5.60 Å². The van der Waals surface area contributed by atoms with Gasteiger partial charge in [0.15, 0.2) is 6.10 Å². The summed E-state index contributed by atoms with van der Waals surface area (Å²) < 4.78 is 6.50. The van der Waals surface area contributed by atoms with Gasteiger partial charge in [0, 0.05) is 30.2 Å². The van der Waals surface area contributed by atoms with E-state index in [1.807, 2.05) is 32.0 Å². The first-order valence-corrected chi connectivity index (χ1v) is 7.82. The van der Waals surface area contributed by atoms with Crippen molar-refractivity contribution < 1.29 is 14.3 Å². The van der Waals surface area contributed by atoms with Gasteiger partial charge in [-0.3, -0.25) is 9.59 Å². The van der Waals surface area contributed by atoms with E-state index in [0.29, 0.717) is 13.1 Å². The molecule has 0 saturated carbocycles. The summed E-state index contributed by atoms with van der Waals surface area (Å²) in [5, 5.41) is 0. The molecule has 1 saturated heterocycles. The molecule has 1 spiro atoms. The molecule has 2 aliphatic heterocycles. The lowest BCUT2D eigenvalue weighted by molar-refractivity contribution is -0.132. The van der Waals surface area contributed by atoms with E-state index in [2.05, 4.69) is 15.9 Å². The van der Waals surface area contributed by atoms with Gasteiger partial charge >= 0.3 is 0 Å². The van der Waals surface area contributed by atoms with Crippen LogP contribution in [0.1, 0.15) is 19.4 Å². The minimum Gasteiger partial charge on any atom is -0.341 e. The molecule has 0 aromatic heterocycles. The summed E-state index contributed by atoms with van der Waals surface area (Å²) in [5.74, 6) is -0.288. The van der Waals surface area contributed by atoms with E-state index in [1.165, 1.54) is 0 Å². The highest BCUT2D eigenvalue weighted by Gasteiger charge is 2.72. The largest absolute Gasteiger partial charge is 0.341 e. The Labute approximate surface area is 132 Å². The zero-order chi connectivity index (χ0) is 15.4. The van der Waals surface area contributed by atoms with Crippen LogP contribution in [-0.2, 0) is 19.9 Å². The van der Waals surface area contributed by atoms with Gasteiger partial charge in [0.05, 0.1) is 5.69 Å². The van der Waals surface area contributed by atoms with Crippen LogP contribution in [0.2, 0.25) is 0 Å². The molecule has 2 amide bonds. The number of amides is 2. The van der Waals surface area contributed by atoms with Gasteiger partial charge in [0.1, 0.15) is 0 Å². The number of epoxide rings is 1. The highest BCUT2D eigenvalue weighted by Crippen LogP contribution is 2.57. The standard InChI is InChI=1S/C15H17BrN2O3/c1-4-18(5-2)13(19)12-15(21-12)9-7-6-8-10(16)11(9)17(3)14(15)20/h6-8,12H,4-5H2,1-3H3. The zero-order valence-electron chi connectivity index (χ0n) is 12.2. The Balaban J connectivity index is 2.01. The van der Waals surface area contributed by atoms with Crippen molar-refractivity contribution in [3.8, 4) is 0 Å². The maximum Gasteiger partial charge on any atom is 0.267 e. The van der Waals surface area contributed by atoms with Crippen LogP contribution < -0.4 is 4.90 Å². The first kappa shape index (κ1) is 14.5. The van der Waals surface area contributed by atoms with Crippen molar-refractivity contribution in [1.29, 1.82) is 0 Å². The lowest BCUT2D eigenvalue weighted by Gasteiger charge is -2.17. The molecule has 112 valence electrons. The molecule has 0 aliphatic carbocycles. The van der Waals surface area contributed by atoms with Crippen molar-refractivity contribution in [1.82, 2.24) is 4.90 Å². The summed E-state index contributed by atoms with van der Waals surface area (Å²) in [4.78, 5) is 28.4. The average Bonchev–Trinajstić information content (AvgIpc) is 3.18. The molecule has 5 nitrogen and oxygen atoms in total. The summed E-state index contributed by atoms with van der Waals surface area (Å²) in [6.45, 7) is 5.06. The number of likely N-dealkylation sites (N-methyl/N-ethyl adjacent to an activating group) is 2. The molecule has 1 aromatic rings. The van der Waals surface area contributed by atoms with Crippen LogP contribution in [0.3, 0.4) is 0 Å². The molecular formula is C15H17BrN2O3. The maximum atomic E-state index is 12.6. The first-order chi connectivity index (χ1) is 9.98. The number of ether oxygens (including phenoxy) is 1. The fraction of sp³-hybridized carbons (Fsp3) is 0.467. The predicted octanol–water partition coefficient (Wildman–Crippen LogP) is 1.89. The van der Waals surface area contributed by atoms with Gasteiger partial charge in [0.25, 0.3) is 11.8 Å².